The molecule has 0 bridgehead atoms. The third-order valence-electron chi connectivity index (χ3n) is 7.11. The first-order chi connectivity index (χ1) is 16.7. The third kappa shape index (κ3) is 4.93. The molecule has 1 aromatic carbocycles. The van der Waals surface area contributed by atoms with Crippen LogP contribution in [0.5, 0.6) is 5.75 Å². The Hall–Kier alpha value is -3.35. The topological polar surface area (TPSA) is 63.5 Å². The van der Waals surface area contributed by atoms with Gasteiger partial charge in [-0.25, -0.2) is 4.98 Å². The number of carbonyl (C=O) groups is 1. The van der Waals surface area contributed by atoms with Gasteiger partial charge >= 0.3 is 0 Å². The number of carbonyl (C=O) groups excluding carboxylic acids is 1. The van der Waals surface area contributed by atoms with Gasteiger partial charge in [-0.2, -0.15) is 5.10 Å². The second kappa shape index (κ2) is 10.3. The van der Waals surface area contributed by atoms with Crippen molar-refractivity contribution >= 4 is 11.7 Å². The molecular weight excluding hydrogens is 426 g/mol. The van der Waals surface area contributed by atoms with Gasteiger partial charge < -0.3 is 14.5 Å². The Labute approximate surface area is 201 Å². The number of rotatable bonds is 6. The van der Waals surface area contributed by atoms with Gasteiger partial charge in [-0.05, 0) is 55.3 Å². The number of piperazine rings is 1. The molecule has 0 N–H and O–H groups in total. The maximum absolute atomic E-state index is 13.3. The molecule has 1 amide bonds. The van der Waals surface area contributed by atoms with Gasteiger partial charge in [0.05, 0.1) is 12.8 Å². The summed E-state index contributed by atoms with van der Waals surface area (Å²) in [5, 5.41) is 4.92. The molecule has 2 fully saturated rings. The highest BCUT2D eigenvalue weighted by molar-refractivity contribution is 5.76. The number of methoxy groups -OCH3 is 1. The number of ether oxygens (including phenoxy) is 1. The summed E-state index contributed by atoms with van der Waals surface area (Å²) in [6.45, 7) is 3.32. The summed E-state index contributed by atoms with van der Waals surface area (Å²) in [5.41, 5.74) is 3.18. The normalized spacial score (nSPS) is 17.1. The highest BCUT2D eigenvalue weighted by Crippen LogP contribution is 2.35. The molecule has 0 unspecified atom stereocenters. The first kappa shape index (κ1) is 22.4. The van der Waals surface area contributed by atoms with E-state index in [9.17, 15) is 4.79 Å². The fourth-order valence-electron chi connectivity index (χ4n) is 5.14. The number of anilines is 1. The van der Waals surface area contributed by atoms with Crippen LogP contribution in [0.1, 0.15) is 43.7 Å². The van der Waals surface area contributed by atoms with Crippen LogP contribution >= 0.6 is 0 Å². The summed E-state index contributed by atoms with van der Waals surface area (Å²) >= 11 is 0. The van der Waals surface area contributed by atoms with Crippen molar-refractivity contribution in [2.75, 3.05) is 38.2 Å². The lowest BCUT2D eigenvalue weighted by atomic mass is 9.86. The summed E-state index contributed by atoms with van der Waals surface area (Å²) in [7, 11) is 1.67. The van der Waals surface area contributed by atoms with Crippen LogP contribution in [0.3, 0.4) is 0 Å². The highest BCUT2D eigenvalue weighted by Gasteiger charge is 2.26. The Morgan fingerprint density at radius 1 is 1.00 bits per heavy atom. The molecule has 2 aromatic heterocycles. The van der Waals surface area contributed by atoms with Crippen LogP contribution in [0.25, 0.3) is 11.3 Å². The lowest BCUT2D eigenvalue weighted by Gasteiger charge is -2.35. The zero-order chi connectivity index (χ0) is 23.3. The van der Waals surface area contributed by atoms with E-state index in [1.165, 1.54) is 37.8 Å². The largest absolute Gasteiger partial charge is 0.497 e. The fourth-order valence-corrected chi connectivity index (χ4v) is 5.14. The van der Waals surface area contributed by atoms with Crippen molar-refractivity contribution in [2.24, 2.45) is 0 Å². The maximum Gasteiger partial charge on any atom is 0.244 e. The number of amides is 1. The van der Waals surface area contributed by atoms with Crippen LogP contribution in [0.2, 0.25) is 0 Å². The van der Waals surface area contributed by atoms with E-state index in [1.54, 1.807) is 7.11 Å². The first-order valence-corrected chi connectivity index (χ1v) is 12.4. The Kier molecular flexibility index (Phi) is 6.79. The summed E-state index contributed by atoms with van der Waals surface area (Å²) < 4.78 is 7.28. The molecule has 1 saturated carbocycles. The summed E-state index contributed by atoms with van der Waals surface area (Å²) in [6.07, 6.45) is 7.96. The van der Waals surface area contributed by atoms with Crippen molar-refractivity contribution in [3.05, 3.63) is 60.4 Å². The van der Waals surface area contributed by atoms with Gasteiger partial charge in [-0.1, -0.05) is 25.3 Å². The van der Waals surface area contributed by atoms with Gasteiger partial charge in [-0.15, -0.1) is 0 Å². The average molecular weight is 460 g/mol. The molecule has 7 nitrogen and oxygen atoms in total. The van der Waals surface area contributed by atoms with Crippen LogP contribution in [0.15, 0.2) is 54.7 Å². The number of hydrogen-bond acceptors (Lipinski definition) is 5. The zero-order valence-corrected chi connectivity index (χ0v) is 19.9. The van der Waals surface area contributed by atoms with Gasteiger partial charge in [0.1, 0.15) is 18.1 Å². The highest BCUT2D eigenvalue weighted by atomic mass is 16.5. The molecule has 2 aliphatic rings. The standard InChI is InChI=1S/C27H33N5O2/c1-34-23-12-10-21(11-13-23)24-19-25(22-7-3-2-4-8-22)32(29-24)20-27(33)31-17-15-30(16-18-31)26-9-5-6-14-28-26/h5-6,9-14,19,22H,2-4,7-8,15-18,20H2,1H3. The van der Waals surface area contributed by atoms with Gasteiger partial charge in [-0.3, -0.25) is 9.48 Å². The van der Waals surface area contributed by atoms with E-state index in [1.807, 2.05) is 58.2 Å². The molecule has 34 heavy (non-hydrogen) atoms. The van der Waals surface area contributed by atoms with E-state index in [0.717, 1.165) is 35.9 Å². The Morgan fingerprint density at radius 2 is 1.76 bits per heavy atom. The maximum atomic E-state index is 13.3. The van der Waals surface area contributed by atoms with Gasteiger partial charge in [0.2, 0.25) is 5.91 Å². The summed E-state index contributed by atoms with van der Waals surface area (Å²) in [4.78, 5) is 21.9. The Bertz CT molecular complexity index is 1080. The summed E-state index contributed by atoms with van der Waals surface area (Å²) in [6, 6.07) is 16.1. The molecule has 1 aliphatic carbocycles. The van der Waals surface area contributed by atoms with E-state index in [0.29, 0.717) is 25.6 Å². The summed E-state index contributed by atoms with van der Waals surface area (Å²) in [5.74, 6) is 2.42. The van der Waals surface area contributed by atoms with E-state index in [4.69, 9.17) is 9.84 Å². The number of benzene rings is 1. The second-order valence-corrected chi connectivity index (χ2v) is 9.23. The molecule has 0 spiro atoms. The minimum atomic E-state index is 0.141. The quantitative estimate of drug-likeness (QED) is 0.548. The first-order valence-electron chi connectivity index (χ1n) is 12.4. The van der Waals surface area contributed by atoms with Gasteiger partial charge in [0.15, 0.2) is 0 Å². The van der Waals surface area contributed by atoms with Crippen molar-refractivity contribution in [3.8, 4) is 17.0 Å². The molecule has 1 aliphatic heterocycles. The van der Waals surface area contributed by atoms with Gasteiger partial charge in [0, 0.05) is 49.6 Å². The average Bonchev–Trinajstić information content (AvgIpc) is 3.33. The zero-order valence-electron chi connectivity index (χ0n) is 19.9. The van der Waals surface area contributed by atoms with Crippen LogP contribution in [0, 0.1) is 0 Å². The van der Waals surface area contributed by atoms with Crippen molar-refractivity contribution in [3.63, 3.8) is 0 Å². The van der Waals surface area contributed by atoms with Crippen LogP contribution in [-0.4, -0.2) is 58.9 Å². The minimum absolute atomic E-state index is 0.141. The molecule has 178 valence electrons. The minimum Gasteiger partial charge on any atom is -0.497 e. The second-order valence-electron chi connectivity index (χ2n) is 9.23. The number of aromatic nitrogens is 3. The molecule has 3 heterocycles. The molecular formula is C27H33N5O2. The van der Waals surface area contributed by atoms with E-state index >= 15 is 0 Å². The van der Waals surface area contributed by atoms with Crippen molar-refractivity contribution in [1.82, 2.24) is 19.7 Å². The van der Waals surface area contributed by atoms with E-state index in [2.05, 4.69) is 16.0 Å². The smallest absolute Gasteiger partial charge is 0.244 e. The Balaban J connectivity index is 1.31. The van der Waals surface area contributed by atoms with Crippen molar-refractivity contribution < 1.29 is 9.53 Å². The molecule has 1 saturated heterocycles. The van der Waals surface area contributed by atoms with E-state index < -0.39 is 0 Å². The third-order valence-corrected chi connectivity index (χ3v) is 7.11. The van der Waals surface area contributed by atoms with Crippen molar-refractivity contribution in [1.29, 1.82) is 0 Å². The number of hydrogen-bond donors (Lipinski definition) is 0. The van der Waals surface area contributed by atoms with Crippen molar-refractivity contribution in [2.45, 2.75) is 44.6 Å². The Morgan fingerprint density at radius 3 is 2.44 bits per heavy atom. The number of nitrogens with zero attached hydrogens (tertiary/aromatic N) is 5. The monoisotopic (exact) mass is 459 g/mol. The molecule has 0 atom stereocenters. The van der Waals surface area contributed by atoms with Crippen LogP contribution in [0.4, 0.5) is 5.82 Å². The lowest BCUT2D eigenvalue weighted by Crippen LogP contribution is -2.50. The van der Waals surface area contributed by atoms with Crippen LogP contribution < -0.4 is 9.64 Å². The van der Waals surface area contributed by atoms with Gasteiger partial charge in [0.25, 0.3) is 0 Å². The molecule has 3 aromatic rings. The fraction of sp³-hybridized carbons (Fsp3) is 0.444. The molecule has 0 radical (unpaired) electrons. The predicted molar refractivity (Wildman–Crippen MR) is 133 cm³/mol. The molecule has 7 heteroatoms. The lowest BCUT2D eigenvalue weighted by molar-refractivity contribution is -0.132. The number of pyridine rings is 1. The predicted octanol–water partition coefficient (Wildman–Crippen LogP) is 4.35. The molecule has 5 rings (SSSR count). The van der Waals surface area contributed by atoms with Crippen LogP contribution in [-0.2, 0) is 11.3 Å². The van der Waals surface area contributed by atoms with E-state index in [-0.39, 0.29) is 5.91 Å². The SMILES string of the molecule is COc1ccc(-c2cc(C3CCCCC3)n(CC(=O)N3CCN(c4ccccn4)CC3)n2)cc1.